The summed E-state index contributed by atoms with van der Waals surface area (Å²) >= 11 is 5.93. The second-order valence-electron chi connectivity index (χ2n) is 5.41. The molecule has 1 aromatic rings. The van der Waals surface area contributed by atoms with Crippen LogP contribution >= 0.6 is 11.6 Å². The molecule has 0 saturated heterocycles. The first kappa shape index (κ1) is 20.4. The molecule has 0 aliphatic heterocycles. The number of sulfonamides is 1. The number of likely N-dealkylation sites (N-methyl/N-ethyl adjacent to an activating group) is 1. The highest BCUT2D eigenvalue weighted by molar-refractivity contribution is 7.89. The fourth-order valence-corrected chi connectivity index (χ4v) is 3.12. The molecule has 10 heteroatoms. The summed E-state index contributed by atoms with van der Waals surface area (Å²) in [6.45, 7) is 1.30. The molecule has 0 saturated carbocycles. The van der Waals surface area contributed by atoms with Crippen molar-refractivity contribution in [3.05, 3.63) is 23.2 Å². The van der Waals surface area contributed by atoms with Crippen molar-refractivity contribution >= 4 is 39.2 Å². The first-order chi connectivity index (χ1) is 11.0. The van der Waals surface area contributed by atoms with E-state index in [1.54, 1.807) is 0 Å². The van der Waals surface area contributed by atoms with Gasteiger partial charge in [0.25, 0.3) is 0 Å². The summed E-state index contributed by atoms with van der Waals surface area (Å²) in [6, 6.07) is 3.27. The highest BCUT2D eigenvalue weighted by Gasteiger charge is 2.22. The monoisotopic (exact) mass is 377 g/mol. The van der Waals surface area contributed by atoms with E-state index in [1.807, 2.05) is 0 Å². The zero-order valence-corrected chi connectivity index (χ0v) is 15.3. The molecule has 0 fully saturated rings. The number of anilines is 1. The fourth-order valence-electron chi connectivity index (χ4n) is 1.73. The van der Waals surface area contributed by atoms with Crippen LogP contribution in [0.15, 0.2) is 23.1 Å². The van der Waals surface area contributed by atoms with Crippen LogP contribution in [0.25, 0.3) is 0 Å². The lowest BCUT2D eigenvalue weighted by Crippen LogP contribution is -2.40. The molecule has 8 nitrogen and oxygen atoms in total. The van der Waals surface area contributed by atoms with E-state index < -0.39 is 27.9 Å². The molecule has 0 aromatic heterocycles. The molecule has 1 atom stereocenters. The Bertz CT molecular complexity index is 736. The van der Waals surface area contributed by atoms with Gasteiger partial charge in [-0.2, -0.15) is 0 Å². The van der Waals surface area contributed by atoms with Crippen molar-refractivity contribution in [2.45, 2.75) is 17.9 Å². The minimum absolute atomic E-state index is 0.0401. The van der Waals surface area contributed by atoms with Crippen molar-refractivity contribution in [1.82, 2.24) is 9.21 Å². The van der Waals surface area contributed by atoms with Crippen LogP contribution in [0.2, 0.25) is 5.02 Å². The van der Waals surface area contributed by atoms with Crippen molar-refractivity contribution in [2.24, 2.45) is 0 Å². The Morgan fingerprint density at radius 3 is 2.38 bits per heavy atom. The van der Waals surface area contributed by atoms with E-state index in [2.05, 4.69) is 5.32 Å². The number of carbonyl (C=O) groups is 2. The molecule has 1 unspecified atom stereocenters. The Morgan fingerprint density at radius 2 is 1.88 bits per heavy atom. The van der Waals surface area contributed by atoms with Gasteiger partial charge in [-0.25, -0.2) is 12.7 Å². The van der Waals surface area contributed by atoms with Crippen molar-refractivity contribution in [1.29, 1.82) is 0 Å². The third kappa shape index (κ3) is 4.91. The maximum atomic E-state index is 12.2. The van der Waals surface area contributed by atoms with Crippen molar-refractivity contribution in [2.75, 3.05) is 33.0 Å². The fraction of sp³-hybridized carbons (Fsp3) is 0.429. The van der Waals surface area contributed by atoms with E-state index in [0.717, 1.165) is 4.31 Å². The molecule has 0 spiro atoms. The van der Waals surface area contributed by atoms with Gasteiger partial charge in [-0.3, -0.25) is 14.5 Å². The predicted octanol–water partition coefficient (Wildman–Crippen LogP) is 0.934. The standard InChI is InChI=1S/C14H20ClN3O5S/c1-9(14(20)21)18(4)8-13(19)16-10-5-6-11(15)12(7-10)24(22,23)17(2)3/h5-7,9H,8H2,1-4H3,(H,16,19)(H,20,21). The van der Waals surface area contributed by atoms with Crippen molar-refractivity contribution in [3.8, 4) is 0 Å². The number of rotatable bonds is 7. The molecule has 0 aliphatic carbocycles. The van der Waals surface area contributed by atoms with Crippen LogP contribution in [0.4, 0.5) is 5.69 Å². The SMILES string of the molecule is CC(C(=O)O)N(C)CC(=O)Nc1ccc(Cl)c(S(=O)(=O)N(C)C)c1. The number of aliphatic carboxylic acids is 1. The third-order valence-corrected chi connectivity index (χ3v) is 5.68. The number of carbonyl (C=O) groups excluding carboxylic acids is 1. The van der Waals surface area contributed by atoms with Crippen LogP contribution in [-0.2, 0) is 19.6 Å². The third-order valence-electron chi connectivity index (χ3n) is 3.39. The zero-order chi connectivity index (χ0) is 18.7. The Balaban J connectivity index is 2.94. The molecule has 134 valence electrons. The van der Waals surface area contributed by atoms with Crippen LogP contribution in [-0.4, -0.2) is 68.3 Å². The number of amides is 1. The minimum Gasteiger partial charge on any atom is -0.480 e. The zero-order valence-electron chi connectivity index (χ0n) is 13.8. The normalized spacial score (nSPS) is 13.1. The number of hydrogen-bond donors (Lipinski definition) is 2. The van der Waals surface area contributed by atoms with E-state index >= 15 is 0 Å². The molecule has 0 heterocycles. The average molecular weight is 378 g/mol. The highest BCUT2D eigenvalue weighted by Crippen LogP contribution is 2.26. The second-order valence-corrected chi connectivity index (χ2v) is 7.94. The molecular weight excluding hydrogens is 358 g/mol. The van der Waals surface area contributed by atoms with E-state index in [1.165, 1.54) is 51.2 Å². The topological polar surface area (TPSA) is 107 Å². The molecule has 1 rings (SSSR count). The van der Waals surface area contributed by atoms with Crippen LogP contribution in [0, 0.1) is 0 Å². The smallest absolute Gasteiger partial charge is 0.320 e. The lowest BCUT2D eigenvalue weighted by molar-refractivity contribution is -0.142. The van der Waals surface area contributed by atoms with Crippen LogP contribution in [0.5, 0.6) is 0 Å². The Kier molecular flexibility index (Phi) is 6.73. The van der Waals surface area contributed by atoms with Gasteiger partial charge in [0.05, 0.1) is 11.6 Å². The molecule has 0 aliphatic rings. The van der Waals surface area contributed by atoms with Crippen molar-refractivity contribution < 1.29 is 23.1 Å². The summed E-state index contributed by atoms with van der Waals surface area (Å²) in [4.78, 5) is 24.1. The number of benzene rings is 1. The molecule has 1 amide bonds. The Morgan fingerprint density at radius 1 is 1.29 bits per heavy atom. The largest absolute Gasteiger partial charge is 0.480 e. The summed E-state index contributed by atoms with van der Waals surface area (Å²) in [7, 11) is 0.499. The summed E-state index contributed by atoms with van der Waals surface area (Å²) < 4.78 is 25.4. The summed E-state index contributed by atoms with van der Waals surface area (Å²) in [5.74, 6) is -1.52. The quantitative estimate of drug-likeness (QED) is 0.732. The number of nitrogens with zero attached hydrogens (tertiary/aromatic N) is 2. The first-order valence-electron chi connectivity index (χ1n) is 6.91. The van der Waals surface area contributed by atoms with Gasteiger partial charge >= 0.3 is 5.97 Å². The van der Waals surface area contributed by atoms with Crippen LogP contribution in [0.3, 0.4) is 0 Å². The molecule has 1 aromatic carbocycles. The molecule has 0 radical (unpaired) electrons. The van der Waals surface area contributed by atoms with Crippen LogP contribution in [0.1, 0.15) is 6.92 Å². The number of hydrogen-bond acceptors (Lipinski definition) is 5. The van der Waals surface area contributed by atoms with E-state index in [4.69, 9.17) is 16.7 Å². The van der Waals surface area contributed by atoms with Gasteiger partial charge in [0.2, 0.25) is 15.9 Å². The molecule has 24 heavy (non-hydrogen) atoms. The first-order valence-corrected chi connectivity index (χ1v) is 8.73. The molecule has 2 N–H and O–H groups in total. The van der Waals surface area contributed by atoms with Gasteiger partial charge in [0.15, 0.2) is 0 Å². The summed E-state index contributed by atoms with van der Waals surface area (Å²) in [5, 5.41) is 11.5. The maximum Gasteiger partial charge on any atom is 0.320 e. The van der Waals surface area contributed by atoms with Crippen molar-refractivity contribution in [3.63, 3.8) is 0 Å². The Hall–Kier alpha value is -1.68. The Labute approximate surface area is 146 Å². The summed E-state index contributed by atoms with van der Waals surface area (Å²) in [5.41, 5.74) is 0.251. The number of halogens is 1. The number of carboxylic acids is 1. The van der Waals surface area contributed by atoms with Crippen LogP contribution < -0.4 is 5.32 Å². The van der Waals surface area contributed by atoms with E-state index in [9.17, 15) is 18.0 Å². The molecular formula is C14H20ClN3O5S. The maximum absolute atomic E-state index is 12.2. The van der Waals surface area contributed by atoms with Gasteiger partial charge in [-0.15, -0.1) is 0 Å². The van der Waals surface area contributed by atoms with E-state index in [-0.39, 0.29) is 22.2 Å². The number of nitrogens with one attached hydrogen (secondary N) is 1. The highest BCUT2D eigenvalue weighted by atomic mass is 35.5. The van der Waals surface area contributed by atoms with Gasteiger partial charge in [-0.1, -0.05) is 11.6 Å². The van der Waals surface area contributed by atoms with E-state index in [0.29, 0.717) is 0 Å². The van der Waals surface area contributed by atoms with Gasteiger partial charge in [-0.05, 0) is 32.2 Å². The minimum atomic E-state index is -3.75. The lowest BCUT2D eigenvalue weighted by atomic mass is 10.3. The molecule has 0 bridgehead atoms. The lowest BCUT2D eigenvalue weighted by Gasteiger charge is -2.20. The van der Waals surface area contributed by atoms with Gasteiger partial charge < -0.3 is 10.4 Å². The second kappa shape index (κ2) is 7.93. The summed E-state index contributed by atoms with van der Waals surface area (Å²) in [6.07, 6.45) is 0. The van der Waals surface area contributed by atoms with Gasteiger partial charge in [0, 0.05) is 19.8 Å². The number of carboxylic acid groups (broad SMARTS) is 1. The van der Waals surface area contributed by atoms with Gasteiger partial charge in [0.1, 0.15) is 10.9 Å². The average Bonchev–Trinajstić information content (AvgIpc) is 2.47. The predicted molar refractivity (Wildman–Crippen MR) is 90.7 cm³/mol.